The van der Waals surface area contributed by atoms with E-state index >= 15 is 0 Å². The Labute approximate surface area is 106 Å². The van der Waals surface area contributed by atoms with Crippen LogP contribution in [-0.2, 0) is 0 Å². The van der Waals surface area contributed by atoms with Gasteiger partial charge in [0.05, 0.1) is 0 Å². The zero-order valence-electron chi connectivity index (χ0n) is 11.4. The molecular weight excluding hydrogens is 216 g/mol. The number of thioether (sulfide) groups is 1. The van der Waals surface area contributed by atoms with Crippen molar-refractivity contribution >= 4 is 11.8 Å². The van der Waals surface area contributed by atoms with E-state index in [4.69, 9.17) is 0 Å². The Hall–Kier alpha value is 0.270. The van der Waals surface area contributed by atoms with Crippen LogP contribution in [0.5, 0.6) is 0 Å². The molecule has 1 fully saturated rings. The van der Waals surface area contributed by atoms with E-state index in [9.17, 15) is 0 Å². The number of hydrogen-bond acceptors (Lipinski definition) is 3. The molecule has 0 unspecified atom stereocenters. The second-order valence-electron chi connectivity index (χ2n) is 5.35. The predicted molar refractivity (Wildman–Crippen MR) is 75.3 cm³/mol. The molecule has 0 radical (unpaired) electrons. The van der Waals surface area contributed by atoms with Crippen LogP contribution in [0.3, 0.4) is 0 Å². The normalized spacial score (nSPS) is 21.6. The van der Waals surface area contributed by atoms with Crippen LogP contribution in [0.15, 0.2) is 0 Å². The summed E-state index contributed by atoms with van der Waals surface area (Å²) in [6.07, 6.45) is 2.50. The molecule has 0 atom stereocenters. The lowest BCUT2D eigenvalue weighted by atomic mass is 10.1. The van der Waals surface area contributed by atoms with Crippen LogP contribution in [-0.4, -0.2) is 47.6 Å². The van der Waals surface area contributed by atoms with Crippen LogP contribution in [0.2, 0.25) is 0 Å². The standard InChI is InChI=1S/C13H28N2S/c1-5-12(6-2)14-7-8-15-9-10-16-13(3,4)11-15/h12,14H,5-11H2,1-4H3. The van der Waals surface area contributed by atoms with Gasteiger partial charge in [-0.25, -0.2) is 0 Å². The second-order valence-corrected chi connectivity index (χ2v) is 7.15. The van der Waals surface area contributed by atoms with Gasteiger partial charge in [0.15, 0.2) is 0 Å². The first kappa shape index (κ1) is 14.3. The Morgan fingerprint density at radius 1 is 1.31 bits per heavy atom. The van der Waals surface area contributed by atoms with Gasteiger partial charge in [0, 0.05) is 42.7 Å². The molecule has 0 aromatic carbocycles. The molecular formula is C13H28N2S. The summed E-state index contributed by atoms with van der Waals surface area (Å²) in [4.78, 5) is 2.60. The first-order valence-electron chi connectivity index (χ1n) is 6.67. The Morgan fingerprint density at radius 2 is 2.00 bits per heavy atom. The van der Waals surface area contributed by atoms with Gasteiger partial charge in [0.25, 0.3) is 0 Å². The highest BCUT2D eigenvalue weighted by Crippen LogP contribution is 2.29. The molecule has 0 aliphatic carbocycles. The molecule has 1 heterocycles. The van der Waals surface area contributed by atoms with E-state index in [0.717, 1.165) is 6.54 Å². The van der Waals surface area contributed by atoms with E-state index in [0.29, 0.717) is 10.8 Å². The van der Waals surface area contributed by atoms with Crippen LogP contribution >= 0.6 is 11.8 Å². The highest BCUT2D eigenvalue weighted by Gasteiger charge is 2.26. The van der Waals surface area contributed by atoms with Crippen LogP contribution < -0.4 is 5.32 Å². The number of hydrogen-bond donors (Lipinski definition) is 1. The minimum absolute atomic E-state index is 0.452. The third-order valence-electron chi connectivity index (χ3n) is 3.35. The minimum Gasteiger partial charge on any atom is -0.313 e. The number of nitrogens with one attached hydrogen (secondary N) is 1. The second kappa shape index (κ2) is 6.87. The molecule has 16 heavy (non-hydrogen) atoms. The summed E-state index contributed by atoms with van der Waals surface area (Å²) < 4.78 is 0.452. The maximum absolute atomic E-state index is 3.65. The molecule has 0 aromatic heterocycles. The summed E-state index contributed by atoms with van der Waals surface area (Å²) >= 11 is 2.11. The van der Waals surface area contributed by atoms with Crippen LogP contribution in [0.25, 0.3) is 0 Å². The van der Waals surface area contributed by atoms with Gasteiger partial charge in [-0.05, 0) is 26.7 Å². The molecule has 0 saturated carbocycles. The van der Waals surface area contributed by atoms with Gasteiger partial charge in [0.2, 0.25) is 0 Å². The SMILES string of the molecule is CCC(CC)NCCN1CCSC(C)(C)C1. The topological polar surface area (TPSA) is 15.3 Å². The molecule has 0 aromatic rings. The van der Waals surface area contributed by atoms with Gasteiger partial charge < -0.3 is 5.32 Å². The Balaban J connectivity index is 2.17. The summed E-state index contributed by atoms with van der Waals surface area (Å²) in [5.41, 5.74) is 0. The van der Waals surface area contributed by atoms with E-state index in [1.807, 2.05) is 0 Å². The lowest BCUT2D eigenvalue weighted by Gasteiger charge is -2.37. The number of rotatable bonds is 6. The third-order valence-corrected chi connectivity index (χ3v) is 4.65. The fraction of sp³-hybridized carbons (Fsp3) is 1.00. The molecule has 1 saturated heterocycles. The van der Waals surface area contributed by atoms with Gasteiger partial charge in [-0.3, -0.25) is 4.90 Å². The van der Waals surface area contributed by atoms with E-state index < -0.39 is 0 Å². The highest BCUT2D eigenvalue weighted by atomic mass is 32.2. The van der Waals surface area contributed by atoms with Crippen molar-refractivity contribution in [3.8, 4) is 0 Å². The van der Waals surface area contributed by atoms with E-state index in [-0.39, 0.29) is 0 Å². The quantitative estimate of drug-likeness (QED) is 0.773. The van der Waals surface area contributed by atoms with Crippen molar-refractivity contribution in [3.63, 3.8) is 0 Å². The molecule has 1 aliphatic heterocycles. The third kappa shape index (κ3) is 5.07. The first-order chi connectivity index (χ1) is 7.57. The van der Waals surface area contributed by atoms with Crippen molar-refractivity contribution in [1.82, 2.24) is 10.2 Å². The summed E-state index contributed by atoms with van der Waals surface area (Å²) in [5.74, 6) is 1.29. The van der Waals surface area contributed by atoms with Crippen LogP contribution in [0, 0.1) is 0 Å². The van der Waals surface area contributed by atoms with Crippen molar-refractivity contribution in [2.45, 2.75) is 51.3 Å². The van der Waals surface area contributed by atoms with Crippen molar-refractivity contribution in [2.24, 2.45) is 0 Å². The molecule has 1 N–H and O–H groups in total. The molecule has 1 aliphatic rings. The number of nitrogens with zero attached hydrogens (tertiary/aromatic N) is 1. The van der Waals surface area contributed by atoms with Crippen molar-refractivity contribution < 1.29 is 0 Å². The fourth-order valence-electron chi connectivity index (χ4n) is 2.31. The predicted octanol–water partition coefficient (Wildman–Crippen LogP) is 2.59. The van der Waals surface area contributed by atoms with Gasteiger partial charge in [-0.15, -0.1) is 0 Å². The maximum atomic E-state index is 3.65. The Kier molecular flexibility index (Phi) is 6.16. The lowest BCUT2D eigenvalue weighted by Crippen LogP contribution is -2.46. The molecule has 0 bridgehead atoms. The lowest BCUT2D eigenvalue weighted by molar-refractivity contribution is 0.255. The Bertz CT molecular complexity index is 190. The molecule has 3 heteroatoms. The van der Waals surface area contributed by atoms with E-state index in [1.165, 1.54) is 38.2 Å². The van der Waals surface area contributed by atoms with Crippen molar-refractivity contribution in [1.29, 1.82) is 0 Å². The van der Waals surface area contributed by atoms with E-state index in [1.54, 1.807) is 0 Å². The highest BCUT2D eigenvalue weighted by molar-refractivity contribution is 8.00. The van der Waals surface area contributed by atoms with Crippen molar-refractivity contribution in [2.75, 3.05) is 31.9 Å². The molecule has 0 amide bonds. The van der Waals surface area contributed by atoms with E-state index in [2.05, 4.69) is 49.7 Å². The van der Waals surface area contributed by atoms with Gasteiger partial charge >= 0.3 is 0 Å². The summed E-state index contributed by atoms with van der Waals surface area (Å²) in [6.45, 7) is 14.1. The average Bonchev–Trinajstić information content (AvgIpc) is 2.23. The van der Waals surface area contributed by atoms with Crippen LogP contribution in [0.4, 0.5) is 0 Å². The summed E-state index contributed by atoms with van der Waals surface area (Å²) in [5, 5.41) is 3.65. The molecule has 96 valence electrons. The van der Waals surface area contributed by atoms with Gasteiger partial charge in [-0.1, -0.05) is 13.8 Å². The van der Waals surface area contributed by atoms with Crippen LogP contribution in [0.1, 0.15) is 40.5 Å². The smallest absolute Gasteiger partial charge is 0.0231 e. The Morgan fingerprint density at radius 3 is 2.56 bits per heavy atom. The maximum Gasteiger partial charge on any atom is 0.0231 e. The largest absolute Gasteiger partial charge is 0.313 e. The van der Waals surface area contributed by atoms with Crippen molar-refractivity contribution in [3.05, 3.63) is 0 Å². The molecule has 0 spiro atoms. The van der Waals surface area contributed by atoms with Gasteiger partial charge in [0.1, 0.15) is 0 Å². The minimum atomic E-state index is 0.452. The summed E-state index contributed by atoms with van der Waals surface area (Å²) in [7, 11) is 0. The molecule has 2 nitrogen and oxygen atoms in total. The average molecular weight is 244 g/mol. The molecule has 1 rings (SSSR count). The monoisotopic (exact) mass is 244 g/mol. The van der Waals surface area contributed by atoms with Gasteiger partial charge in [-0.2, -0.15) is 11.8 Å². The summed E-state index contributed by atoms with van der Waals surface area (Å²) in [6, 6.07) is 0.715. The first-order valence-corrected chi connectivity index (χ1v) is 7.65. The zero-order chi connectivity index (χ0) is 12.0. The zero-order valence-corrected chi connectivity index (χ0v) is 12.2. The fourth-order valence-corrected chi connectivity index (χ4v) is 3.49.